The van der Waals surface area contributed by atoms with Crippen LogP contribution in [0.5, 0.6) is 0 Å². The molecule has 1 heterocycles. The van der Waals surface area contributed by atoms with E-state index in [9.17, 15) is 4.79 Å². The fraction of sp³-hybridized carbons (Fsp3) is 0.250. The van der Waals surface area contributed by atoms with E-state index in [1.54, 1.807) is 30.1 Å². The molecule has 1 amide bonds. The van der Waals surface area contributed by atoms with E-state index in [1.165, 1.54) is 0 Å². The summed E-state index contributed by atoms with van der Waals surface area (Å²) in [4.78, 5) is 15.2. The summed E-state index contributed by atoms with van der Waals surface area (Å²) in [6.07, 6.45) is 1.59. The Morgan fingerprint density at radius 1 is 1.39 bits per heavy atom. The highest BCUT2D eigenvalue weighted by Gasteiger charge is 2.11. The molecule has 1 aromatic carbocycles. The Balaban J connectivity index is 2.15. The van der Waals surface area contributed by atoms with Crippen molar-refractivity contribution >= 4 is 11.6 Å². The Morgan fingerprint density at radius 2 is 2.06 bits per heavy atom. The van der Waals surface area contributed by atoms with Crippen molar-refractivity contribution in [3.8, 4) is 11.4 Å². The van der Waals surface area contributed by atoms with Crippen molar-refractivity contribution < 1.29 is 4.79 Å². The molecule has 0 aliphatic rings. The first-order valence-corrected chi connectivity index (χ1v) is 5.61. The molecule has 0 saturated carbocycles. The monoisotopic (exact) mass is 245 g/mol. The second-order valence-electron chi connectivity index (χ2n) is 4.22. The molecule has 18 heavy (non-hydrogen) atoms. The summed E-state index contributed by atoms with van der Waals surface area (Å²) in [5.74, 6) is -0.0165. The minimum atomic E-state index is -0.348. The van der Waals surface area contributed by atoms with Gasteiger partial charge < -0.3 is 11.5 Å². The molecule has 0 aliphatic heterocycles. The largest absolute Gasteiger partial charge is 0.399 e. The number of rotatable bonds is 4. The summed E-state index contributed by atoms with van der Waals surface area (Å²) in [6, 6.07) is 7.29. The normalized spacial score (nSPS) is 12.3. The lowest BCUT2D eigenvalue weighted by Crippen LogP contribution is -2.24. The molecule has 1 unspecified atom stereocenters. The van der Waals surface area contributed by atoms with E-state index in [4.69, 9.17) is 11.5 Å². The third kappa shape index (κ3) is 2.65. The van der Waals surface area contributed by atoms with E-state index < -0.39 is 0 Å². The number of hydrogen-bond donors (Lipinski definition) is 2. The molecule has 6 heteroatoms. The van der Waals surface area contributed by atoms with E-state index in [0.29, 0.717) is 18.1 Å². The lowest BCUT2D eigenvalue weighted by Gasteiger charge is -2.05. The molecule has 6 nitrogen and oxygen atoms in total. The van der Waals surface area contributed by atoms with Crippen LogP contribution in [0.15, 0.2) is 30.6 Å². The Labute approximate surface area is 105 Å². The molecular weight excluding hydrogens is 230 g/mol. The van der Waals surface area contributed by atoms with Crippen LogP contribution in [0.1, 0.15) is 6.92 Å². The van der Waals surface area contributed by atoms with Gasteiger partial charge in [0, 0.05) is 11.3 Å². The highest BCUT2D eigenvalue weighted by Crippen LogP contribution is 2.16. The summed E-state index contributed by atoms with van der Waals surface area (Å²) < 4.78 is 1.61. The SMILES string of the molecule is CC(Cn1cnc(-c2ccc(N)cc2)n1)C(N)=O. The third-order valence-corrected chi connectivity index (χ3v) is 2.65. The molecule has 0 radical (unpaired) electrons. The fourth-order valence-corrected chi connectivity index (χ4v) is 1.52. The van der Waals surface area contributed by atoms with Crippen molar-refractivity contribution in [1.29, 1.82) is 0 Å². The zero-order valence-corrected chi connectivity index (χ0v) is 10.1. The van der Waals surface area contributed by atoms with Crippen molar-refractivity contribution in [2.75, 3.05) is 5.73 Å². The van der Waals surface area contributed by atoms with Gasteiger partial charge in [0.15, 0.2) is 5.82 Å². The number of anilines is 1. The standard InChI is InChI=1S/C12H15N5O/c1-8(11(14)18)6-17-7-15-12(16-17)9-2-4-10(13)5-3-9/h2-5,7-8H,6,13H2,1H3,(H2,14,18). The molecule has 0 aliphatic carbocycles. The average molecular weight is 245 g/mol. The van der Waals surface area contributed by atoms with Gasteiger partial charge in [-0.05, 0) is 24.3 Å². The molecule has 2 rings (SSSR count). The Morgan fingerprint density at radius 3 is 2.67 bits per heavy atom. The topological polar surface area (TPSA) is 99.8 Å². The Kier molecular flexibility index (Phi) is 3.27. The van der Waals surface area contributed by atoms with Crippen molar-refractivity contribution in [3.05, 3.63) is 30.6 Å². The number of nitrogens with two attached hydrogens (primary N) is 2. The average Bonchev–Trinajstić information content (AvgIpc) is 2.78. The van der Waals surface area contributed by atoms with Crippen LogP contribution in [-0.2, 0) is 11.3 Å². The van der Waals surface area contributed by atoms with Crippen LogP contribution in [0.3, 0.4) is 0 Å². The zero-order valence-electron chi connectivity index (χ0n) is 10.1. The quantitative estimate of drug-likeness (QED) is 0.772. The highest BCUT2D eigenvalue weighted by atomic mass is 16.1. The Bertz CT molecular complexity index is 546. The Hall–Kier alpha value is -2.37. The summed E-state index contributed by atoms with van der Waals surface area (Å²) in [5.41, 5.74) is 12.4. The predicted octanol–water partition coefficient (Wildman–Crippen LogP) is 0.649. The molecule has 0 fully saturated rings. The molecule has 2 aromatic rings. The van der Waals surface area contributed by atoms with Crippen molar-refractivity contribution in [2.45, 2.75) is 13.5 Å². The van der Waals surface area contributed by atoms with E-state index in [0.717, 1.165) is 5.56 Å². The minimum absolute atomic E-state index is 0.272. The van der Waals surface area contributed by atoms with Gasteiger partial charge in [0.1, 0.15) is 6.33 Å². The van der Waals surface area contributed by atoms with Crippen LogP contribution in [-0.4, -0.2) is 20.7 Å². The van der Waals surface area contributed by atoms with Crippen molar-refractivity contribution in [3.63, 3.8) is 0 Å². The molecular formula is C12H15N5O. The molecule has 94 valence electrons. The number of primary amides is 1. The zero-order chi connectivity index (χ0) is 13.1. The smallest absolute Gasteiger partial charge is 0.222 e. The van der Waals surface area contributed by atoms with Gasteiger partial charge in [0.2, 0.25) is 5.91 Å². The van der Waals surface area contributed by atoms with Crippen LogP contribution >= 0.6 is 0 Å². The maximum Gasteiger partial charge on any atom is 0.222 e. The van der Waals surface area contributed by atoms with Crippen LogP contribution in [0.4, 0.5) is 5.69 Å². The van der Waals surface area contributed by atoms with E-state index in [-0.39, 0.29) is 11.8 Å². The van der Waals surface area contributed by atoms with Gasteiger partial charge in [-0.15, -0.1) is 0 Å². The maximum absolute atomic E-state index is 11.0. The van der Waals surface area contributed by atoms with Gasteiger partial charge in [-0.25, -0.2) is 4.98 Å². The van der Waals surface area contributed by atoms with E-state index in [2.05, 4.69) is 10.1 Å². The minimum Gasteiger partial charge on any atom is -0.399 e. The summed E-state index contributed by atoms with van der Waals surface area (Å²) in [7, 11) is 0. The van der Waals surface area contributed by atoms with Crippen LogP contribution in [0, 0.1) is 5.92 Å². The number of benzene rings is 1. The third-order valence-electron chi connectivity index (χ3n) is 2.65. The number of carbonyl (C=O) groups excluding carboxylic acids is 1. The van der Waals surface area contributed by atoms with Gasteiger partial charge in [-0.3, -0.25) is 9.48 Å². The summed E-state index contributed by atoms with van der Waals surface area (Å²) >= 11 is 0. The molecule has 4 N–H and O–H groups in total. The molecule has 0 bridgehead atoms. The first-order valence-electron chi connectivity index (χ1n) is 5.61. The fourth-order valence-electron chi connectivity index (χ4n) is 1.52. The number of carbonyl (C=O) groups is 1. The maximum atomic E-state index is 11.0. The number of hydrogen-bond acceptors (Lipinski definition) is 4. The van der Waals surface area contributed by atoms with Crippen LogP contribution < -0.4 is 11.5 Å². The van der Waals surface area contributed by atoms with Crippen molar-refractivity contribution in [1.82, 2.24) is 14.8 Å². The van der Waals surface area contributed by atoms with Gasteiger partial charge in [-0.1, -0.05) is 6.92 Å². The van der Waals surface area contributed by atoms with Crippen LogP contribution in [0.2, 0.25) is 0 Å². The second kappa shape index (κ2) is 4.87. The molecule has 0 spiro atoms. The van der Waals surface area contributed by atoms with Gasteiger partial charge in [-0.2, -0.15) is 5.10 Å². The predicted molar refractivity (Wildman–Crippen MR) is 68.2 cm³/mol. The number of amides is 1. The first-order chi connectivity index (χ1) is 8.56. The van der Waals surface area contributed by atoms with Crippen molar-refractivity contribution in [2.24, 2.45) is 11.7 Å². The van der Waals surface area contributed by atoms with Gasteiger partial charge in [0.05, 0.1) is 12.5 Å². The lowest BCUT2D eigenvalue weighted by atomic mass is 10.2. The molecule has 0 saturated heterocycles. The van der Waals surface area contributed by atoms with E-state index >= 15 is 0 Å². The molecule has 1 aromatic heterocycles. The van der Waals surface area contributed by atoms with Crippen LogP contribution in [0.25, 0.3) is 11.4 Å². The summed E-state index contributed by atoms with van der Waals surface area (Å²) in [5, 5.41) is 4.29. The molecule has 1 atom stereocenters. The lowest BCUT2D eigenvalue weighted by molar-refractivity contribution is -0.121. The second-order valence-corrected chi connectivity index (χ2v) is 4.22. The first kappa shape index (κ1) is 12.1. The number of aromatic nitrogens is 3. The van der Waals surface area contributed by atoms with E-state index in [1.807, 2.05) is 12.1 Å². The number of nitrogens with zero attached hydrogens (tertiary/aromatic N) is 3. The number of nitrogen functional groups attached to an aromatic ring is 1. The van der Waals surface area contributed by atoms with Gasteiger partial charge in [0.25, 0.3) is 0 Å². The van der Waals surface area contributed by atoms with Gasteiger partial charge >= 0.3 is 0 Å². The summed E-state index contributed by atoms with van der Waals surface area (Å²) in [6.45, 7) is 2.18. The highest BCUT2D eigenvalue weighted by molar-refractivity contribution is 5.76.